The van der Waals surface area contributed by atoms with Crippen LogP contribution >= 0.6 is 0 Å². The van der Waals surface area contributed by atoms with Crippen molar-refractivity contribution in [1.82, 2.24) is 4.57 Å². The number of ether oxygens (including phenoxy) is 2. The smallest absolute Gasteiger partial charge is 0.418 e. The van der Waals surface area contributed by atoms with Gasteiger partial charge in [-0.25, -0.2) is 13.2 Å². The third kappa shape index (κ3) is 5.40. The highest BCUT2D eigenvalue weighted by Gasteiger charge is 2.23. The number of anilines is 2. The Balaban J connectivity index is 1.98. The Bertz CT molecular complexity index is 1310. The van der Waals surface area contributed by atoms with E-state index in [9.17, 15) is 18.3 Å². The van der Waals surface area contributed by atoms with E-state index < -0.39 is 16.1 Å². The van der Waals surface area contributed by atoms with Gasteiger partial charge in [-0.15, -0.1) is 0 Å². The molecule has 0 bridgehead atoms. The van der Waals surface area contributed by atoms with E-state index in [1.54, 1.807) is 35.9 Å². The van der Waals surface area contributed by atoms with Gasteiger partial charge in [-0.3, -0.25) is 10.0 Å². The number of carbonyl (C=O) groups is 1. The lowest BCUT2D eigenvalue weighted by Gasteiger charge is -2.23. The van der Waals surface area contributed by atoms with Gasteiger partial charge in [-0.05, 0) is 23.1 Å². The van der Waals surface area contributed by atoms with Crippen LogP contribution in [0.1, 0.15) is 31.9 Å². The van der Waals surface area contributed by atoms with Gasteiger partial charge < -0.3 is 19.1 Å². The number of carbonyl (C=O) groups excluding carboxylic acids is 1. The summed E-state index contributed by atoms with van der Waals surface area (Å²) in [6, 6.07) is 10.6. The van der Waals surface area contributed by atoms with Crippen LogP contribution < -0.4 is 19.5 Å². The summed E-state index contributed by atoms with van der Waals surface area (Å²) in [6.45, 7) is 5.76. The van der Waals surface area contributed by atoms with Crippen molar-refractivity contribution < 1.29 is 27.8 Å². The first-order chi connectivity index (χ1) is 15.3. The maximum Gasteiger partial charge on any atom is 0.418 e. The number of nitrogens with one attached hydrogen (secondary N) is 2. The zero-order valence-corrected chi connectivity index (χ0v) is 20.3. The Kier molecular flexibility index (Phi) is 6.62. The second-order valence-corrected chi connectivity index (χ2v) is 10.5. The van der Waals surface area contributed by atoms with Crippen molar-refractivity contribution in [3.63, 3.8) is 0 Å². The lowest BCUT2D eigenvalue weighted by molar-refractivity contribution is 0.212. The number of rotatable bonds is 6. The predicted molar refractivity (Wildman–Crippen MR) is 129 cm³/mol. The fourth-order valence-electron chi connectivity index (χ4n) is 3.58. The highest BCUT2D eigenvalue weighted by molar-refractivity contribution is 7.92. The number of hydrogen-bond acceptors (Lipinski definition) is 6. The van der Waals surface area contributed by atoms with Gasteiger partial charge in [0, 0.05) is 24.1 Å². The molecule has 10 heteroatoms. The van der Waals surface area contributed by atoms with Crippen molar-refractivity contribution >= 4 is 38.4 Å². The molecule has 0 spiro atoms. The van der Waals surface area contributed by atoms with E-state index in [4.69, 9.17) is 9.47 Å². The summed E-state index contributed by atoms with van der Waals surface area (Å²) in [5, 5.41) is 13.1. The molecule has 9 nitrogen and oxygen atoms in total. The van der Waals surface area contributed by atoms with Crippen LogP contribution in [0.5, 0.6) is 11.6 Å². The van der Waals surface area contributed by atoms with Gasteiger partial charge in [0.25, 0.3) is 0 Å². The van der Waals surface area contributed by atoms with Gasteiger partial charge >= 0.3 is 6.09 Å². The molecule has 1 amide bonds. The number of fused-ring (bicyclic) bond motifs is 1. The minimum absolute atomic E-state index is 0.145. The third-order valence-electron chi connectivity index (χ3n) is 5.15. The van der Waals surface area contributed by atoms with Crippen molar-refractivity contribution in [1.29, 1.82) is 0 Å². The molecule has 0 aliphatic carbocycles. The largest absolute Gasteiger partial charge is 0.492 e. The number of aromatic nitrogens is 1. The SMILES string of the molecule is COc1c(NC(=O)Oc2cc3cccc(CO)c3n2C)cc(C(C)(C)C)cc1NS(C)(=O)=O. The molecule has 33 heavy (non-hydrogen) atoms. The van der Waals surface area contributed by atoms with Crippen LogP contribution in [0, 0.1) is 0 Å². The molecule has 1 aromatic heterocycles. The highest BCUT2D eigenvalue weighted by atomic mass is 32.2. The van der Waals surface area contributed by atoms with Crippen molar-refractivity contribution in [2.24, 2.45) is 7.05 Å². The van der Waals surface area contributed by atoms with Crippen LogP contribution in [0.25, 0.3) is 10.9 Å². The number of para-hydroxylation sites is 1. The maximum atomic E-state index is 12.8. The van der Waals surface area contributed by atoms with E-state index in [-0.39, 0.29) is 35.0 Å². The predicted octanol–water partition coefficient (Wildman–Crippen LogP) is 3.96. The normalized spacial score (nSPS) is 12.0. The topological polar surface area (TPSA) is 119 Å². The molecule has 3 aromatic rings. The van der Waals surface area contributed by atoms with Crippen molar-refractivity contribution in [2.75, 3.05) is 23.4 Å². The number of methoxy groups -OCH3 is 1. The van der Waals surface area contributed by atoms with Crippen LogP contribution in [-0.4, -0.2) is 37.6 Å². The molecule has 1 heterocycles. The van der Waals surface area contributed by atoms with Gasteiger partial charge in [-0.1, -0.05) is 39.0 Å². The molecule has 3 N–H and O–H groups in total. The molecule has 0 unspecified atom stereocenters. The third-order valence-corrected chi connectivity index (χ3v) is 5.75. The standard InChI is InChI=1S/C23H29N3O6S/c1-23(2,3)16-11-17(21(31-5)18(12-16)25-33(6,29)30)24-22(28)32-19-10-14-8-7-9-15(13-27)20(14)26(19)4/h7-12,25,27H,13H2,1-6H3,(H,24,28). The molecule has 0 saturated heterocycles. The Morgan fingerprint density at radius 2 is 1.82 bits per heavy atom. The minimum atomic E-state index is -3.59. The van der Waals surface area contributed by atoms with E-state index in [2.05, 4.69) is 10.0 Å². The van der Waals surface area contributed by atoms with Crippen molar-refractivity contribution in [3.8, 4) is 11.6 Å². The van der Waals surface area contributed by atoms with E-state index in [1.165, 1.54) is 7.11 Å². The van der Waals surface area contributed by atoms with E-state index in [1.807, 2.05) is 32.9 Å². The molecule has 0 aliphatic rings. The molecular weight excluding hydrogens is 446 g/mol. The average Bonchev–Trinajstić information content (AvgIpc) is 3.01. The van der Waals surface area contributed by atoms with Gasteiger partial charge in [-0.2, -0.15) is 0 Å². The Labute approximate surface area is 193 Å². The maximum absolute atomic E-state index is 12.8. The number of aliphatic hydroxyl groups is 1. The van der Waals surface area contributed by atoms with Gasteiger partial charge in [0.15, 0.2) is 5.75 Å². The fourth-order valence-corrected chi connectivity index (χ4v) is 4.13. The number of amides is 1. The van der Waals surface area contributed by atoms with Crippen LogP contribution in [-0.2, 0) is 29.1 Å². The van der Waals surface area contributed by atoms with E-state index >= 15 is 0 Å². The summed E-state index contributed by atoms with van der Waals surface area (Å²) < 4.78 is 38.8. The molecule has 2 aromatic carbocycles. The summed E-state index contributed by atoms with van der Waals surface area (Å²) >= 11 is 0. The second-order valence-electron chi connectivity index (χ2n) is 8.80. The molecule has 178 valence electrons. The van der Waals surface area contributed by atoms with Gasteiger partial charge in [0.1, 0.15) is 0 Å². The minimum Gasteiger partial charge on any atom is -0.492 e. The van der Waals surface area contributed by atoms with E-state index in [0.29, 0.717) is 5.56 Å². The number of nitrogens with zero attached hydrogens (tertiary/aromatic N) is 1. The van der Waals surface area contributed by atoms with Crippen molar-refractivity contribution in [2.45, 2.75) is 32.8 Å². The number of sulfonamides is 1. The molecule has 0 atom stereocenters. The fraction of sp³-hybridized carbons (Fsp3) is 0.348. The van der Waals surface area contributed by atoms with Crippen LogP contribution in [0.15, 0.2) is 36.4 Å². The zero-order valence-electron chi connectivity index (χ0n) is 19.5. The quantitative estimate of drug-likeness (QED) is 0.497. The summed E-state index contributed by atoms with van der Waals surface area (Å²) in [4.78, 5) is 12.8. The monoisotopic (exact) mass is 475 g/mol. The van der Waals surface area contributed by atoms with Crippen LogP contribution in [0.2, 0.25) is 0 Å². The number of aryl methyl sites for hydroxylation is 1. The molecule has 0 saturated carbocycles. The molecule has 3 rings (SSSR count). The summed E-state index contributed by atoms with van der Waals surface area (Å²) in [7, 11) is -0.470. The second kappa shape index (κ2) is 8.95. The summed E-state index contributed by atoms with van der Waals surface area (Å²) in [5.41, 5.74) is 2.38. The van der Waals surface area contributed by atoms with Gasteiger partial charge in [0.2, 0.25) is 15.9 Å². The first-order valence-electron chi connectivity index (χ1n) is 10.2. The number of hydrogen-bond donors (Lipinski definition) is 3. The van der Waals surface area contributed by atoms with Crippen LogP contribution in [0.3, 0.4) is 0 Å². The van der Waals surface area contributed by atoms with E-state index in [0.717, 1.165) is 22.7 Å². The highest BCUT2D eigenvalue weighted by Crippen LogP contribution is 2.39. The van der Waals surface area contributed by atoms with Crippen molar-refractivity contribution in [3.05, 3.63) is 47.5 Å². The first-order valence-corrected chi connectivity index (χ1v) is 12.1. The number of benzene rings is 2. The van der Waals surface area contributed by atoms with Gasteiger partial charge in [0.05, 0.1) is 36.9 Å². The summed E-state index contributed by atoms with van der Waals surface area (Å²) in [5.74, 6) is 0.439. The van der Waals surface area contributed by atoms with Crippen LogP contribution in [0.4, 0.5) is 16.2 Å². The molecule has 0 aliphatic heterocycles. The lowest BCUT2D eigenvalue weighted by atomic mass is 9.86. The Hall–Kier alpha value is -3.24. The first kappa shape index (κ1) is 24.4. The molecule has 0 radical (unpaired) electrons. The number of aliphatic hydroxyl groups excluding tert-OH is 1. The Morgan fingerprint density at radius 3 is 2.39 bits per heavy atom. The molecule has 0 fully saturated rings. The lowest BCUT2D eigenvalue weighted by Crippen LogP contribution is -2.21. The zero-order chi connectivity index (χ0) is 24.6. The average molecular weight is 476 g/mol. The summed E-state index contributed by atoms with van der Waals surface area (Å²) in [6.07, 6.45) is 0.263. The molecular formula is C23H29N3O6S. The Morgan fingerprint density at radius 1 is 1.15 bits per heavy atom.